The first-order chi connectivity index (χ1) is 12.6. The zero-order chi connectivity index (χ0) is 18.5. The predicted molar refractivity (Wildman–Crippen MR) is 99.8 cm³/mol. The zero-order valence-corrected chi connectivity index (χ0v) is 14.1. The van der Waals surface area contributed by atoms with Crippen molar-refractivity contribution in [3.05, 3.63) is 83.9 Å². The lowest BCUT2D eigenvalue weighted by Crippen LogP contribution is -2.12. The van der Waals surface area contributed by atoms with E-state index < -0.39 is 5.97 Å². The maximum Gasteiger partial charge on any atom is 0.339 e. The lowest BCUT2D eigenvalue weighted by molar-refractivity contribution is 0.0693. The quantitative estimate of drug-likeness (QED) is 0.721. The third-order valence-corrected chi connectivity index (χ3v) is 3.94. The standard InChI is InChI=1S/C21H17NO4/c1-26-19-12-11-17(13-18(19)21(24)25)22-20(23)16-9-7-15(8-10-16)14-5-3-2-4-6-14/h2-13H,1H3,(H,22,23)(H,24,25). The molecule has 3 aromatic carbocycles. The molecule has 0 saturated heterocycles. The van der Waals surface area contributed by atoms with E-state index >= 15 is 0 Å². The largest absolute Gasteiger partial charge is 0.496 e. The number of carboxylic acid groups (broad SMARTS) is 1. The second-order valence-electron chi connectivity index (χ2n) is 5.62. The van der Waals surface area contributed by atoms with Crippen molar-refractivity contribution in [2.24, 2.45) is 0 Å². The molecule has 0 fully saturated rings. The number of ether oxygens (including phenoxy) is 1. The summed E-state index contributed by atoms with van der Waals surface area (Å²) in [4.78, 5) is 23.7. The Bertz CT molecular complexity index is 934. The second kappa shape index (κ2) is 7.53. The van der Waals surface area contributed by atoms with E-state index in [1.807, 2.05) is 42.5 Å². The van der Waals surface area contributed by atoms with E-state index in [9.17, 15) is 14.7 Å². The number of hydrogen-bond acceptors (Lipinski definition) is 3. The summed E-state index contributed by atoms with van der Waals surface area (Å²) in [6.45, 7) is 0. The number of carboxylic acids is 1. The molecule has 0 heterocycles. The van der Waals surface area contributed by atoms with Crippen LogP contribution in [0.3, 0.4) is 0 Å². The van der Waals surface area contributed by atoms with Crippen LogP contribution in [-0.4, -0.2) is 24.1 Å². The van der Waals surface area contributed by atoms with Crippen LogP contribution in [0.5, 0.6) is 5.75 Å². The maximum atomic E-state index is 12.4. The molecule has 0 aromatic heterocycles. The molecule has 0 atom stereocenters. The minimum Gasteiger partial charge on any atom is -0.496 e. The molecular weight excluding hydrogens is 330 g/mol. The third kappa shape index (κ3) is 3.72. The van der Waals surface area contributed by atoms with Gasteiger partial charge in [-0.3, -0.25) is 4.79 Å². The van der Waals surface area contributed by atoms with Crippen LogP contribution < -0.4 is 10.1 Å². The van der Waals surface area contributed by atoms with Crippen molar-refractivity contribution < 1.29 is 19.4 Å². The molecule has 5 nitrogen and oxygen atoms in total. The summed E-state index contributed by atoms with van der Waals surface area (Å²) in [5.74, 6) is -1.20. The Morgan fingerprint density at radius 1 is 0.885 bits per heavy atom. The minimum absolute atomic E-state index is 0.00951. The number of anilines is 1. The summed E-state index contributed by atoms with van der Waals surface area (Å²) < 4.78 is 5.01. The lowest BCUT2D eigenvalue weighted by Gasteiger charge is -2.10. The Morgan fingerprint density at radius 2 is 1.54 bits per heavy atom. The molecule has 0 aliphatic heterocycles. The first-order valence-electron chi connectivity index (χ1n) is 7.96. The van der Waals surface area contributed by atoms with Crippen LogP contribution in [0, 0.1) is 0 Å². The van der Waals surface area contributed by atoms with Crippen LogP contribution in [0.15, 0.2) is 72.8 Å². The lowest BCUT2D eigenvalue weighted by atomic mass is 10.0. The first-order valence-corrected chi connectivity index (χ1v) is 7.96. The Morgan fingerprint density at radius 3 is 2.15 bits per heavy atom. The molecule has 3 aromatic rings. The summed E-state index contributed by atoms with van der Waals surface area (Å²) in [5.41, 5.74) is 2.95. The summed E-state index contributed by atoms with van der Waals surface area (Å²) in [6.07, 6.45) is 0. The van der Waals surface area contributed by atoms with Crippen LogP contribution >= 0.6 is 0 Å². The van der Waals surface area contributed by atoms with E-state index in [1.54, 1.807) is 18.2 Å². The Hall–Kier alpha value is -3.60. The van der Waals surface area contributed by atoms with E-state index in [-0.39, 0.29) is 17.2 Å². The molecule has 0 spiro atoms. The van der Waals surface area contributed by atoms with Gasteiger partial charge in [0.25, 0.3) is 5.91 Å². The summed E-state index contributed by atoms with van der Waals surface area (Å²) in [6, 6.07) is 21.6. The molecule has 2 N–H and O–H groups in total. The topological polar surface area (TPSA) is 75.6 Å². The minimum atomic E-state index is -1.12. The Kier molecular flexibility index (Phi) is 4.99. The monoisotopic (exact) mass is 347 g/mol. The molecule has 26 heavy (non-hydrogen) atoms. The van der Waals surface area contributed by atoms with Gasteiger partial charge in [-0.25, -0.2) is 4.79 Å². The number of aromatic carboxylic acids is 1. The molecule has 0 aliphatic carbocycles. The van der Waals surface area contributed by atoms with Crippen molar-refractivity contribution in [1.29, 1.82) is 0 Å². The second-order valence-corrected chi connectivity index (χ2v) is 5.62. The van der Waals surface area contributed by atoms with E-state index in [1.165, 1.54) is 19.2 Å². The molecule has 130 valence electrons. The number of hydrogen-bond donors (Lipinski definition) is 2. The number of nitrogens with one attached hydrogen (secondary N) is 1. The van der Waals surface area contributed by atoms with Gasteiger partial charge in [-0.15, -0.1) is 0 Å². The number of methoxy groups -OCH3 is 1. The smallest absolute Gasteiger partial charge is 0.339 e. The fraction of sp³-hybridized carbons (Fsp3) is 0.0476. The van der Waals surface area contributed by atoms with Gasteiger partial charge in [0.2, 0.25) is 0 Å². The van der Waals surface area contributed by atoms with Crippen molar-refractivity contribution in [1.82, 2.24) is 0 Å². The predicted octanol–water partition coefficient (Wildman–Crippen LogP) is 4.31. The highest BCUT2D eigenvalue weighted by molar-refractivity contribution is 6.05. The highest BCUT2D eigenvalue weighted by Gasteiger charge is 2.13. The molecule has 3 rings (SSSR count). The number of carbonyl (C=O) groups excluding carboxylic acids is 1. The Labute approximate surface area is 150 Å². The molecule has 5 heteroatoms. The zero-order valence-electron chi connectivity index (χ0n) is 14.1. The summed E-state index contributed by atoms with van der Waals surface area (Å²) in [7, 11) is 1.40. The molecular formula is C21H17NO4. The van der Waals surface area contributed by atoms with Gasteiger partial charge in [0.15, 0.2) is 0 Å². The summed E-state index contributed by atoms with van der Waals surface area (Å²) in [5, 5.41) is 11.9. The summed E-state index contributed by atoms with van der Waals surface area (Å²) >= 11 is 0. The number of rotatable bonds is 5. The normalized spacial score (nSPS) is 10.2. The van der Waals surface area contributed by atoms with E-state index in [2.05, 4.69) is 5.32 Å². The molecule has 0 saturated carbocycles. The van der Waals surface area contributed by atoms with Crippen molar-refractivity contribution in [2.75, 3.05) is 12.4 Å². The van der Waals surface area contributed by atoms with Gasteiger partial charge < -0.3 is 15.2 Å². The van der Waals surface area contributed by atoms with Gasteiger partial charge in [0.1, 0.15) is 11.3 Å². The van der Waals surface area contributed by atoms with E-state index in [0.717, 1.165) is 11.1 Å². The van der Waals surface area contributed by atoms with Crippen LogP contribution in [0.25, 0.3) is 11.1 Å². The van der Waals surface area contributed by atoms with Crippen molar-refractivity contribution in [2.45, 2.75) is 0 Å². The van der Waals surface area contributed by atoms with Crippen molar-refractivity contribution in [3.63, 3.8) is 0 Å². The van der Waals surface area contributed by atoms with Crippen LogP contribution in [0.2, 0.25) is 0 Å². The van der Waals surface area contributed by atoms with Crippen LogP contribution in [-0.2, 0) is 0 Å². The van der Waals surface area contributed by atoms with Crippen molar-refractivity contribution >= 4 is 17.6 Å². The van der Waals surface area contributed by atoms with Gasteiger partial charge in [0.05, 0.1) is 7.11 Å². The first kappa shape index (κ1) is 17.2. The fourth-order valence-electron chi connectivity index (χ4n) is 2.60. The van der Waals surface area contributed by atoms with Gasteiger partial charge in [-0.2, -0.15) is 0 Å². The molecule has 0 bridgehead atoms. The van der Waals surface area contributed by atoms with Gasteiger partial charge in [0, 0.05) is 11.3 Å². The average molecular weight is 347 g/mol. The highest BCUT2D eigenvalue weighted by atomic mass is 16.5. The van der Waals surface area contributed by atoms with E-state index in [0.29, 0.717) is 11.3 Å². The number of amides is 1. The van der Waals surface area contributed by atoms with Gasteiger partial charge in [-0.1, -0.05) is 42.5 Å². The van der Waals surface area contributed by atoms with Gasteiger partial charge in [-0.05, 0) is 41.5 Å². The number of benzene rings is 3. The fourth-order valence-corrected chi connectivity index (χ4v) is 2.60. The highest BCUT2D eigenvalue weighted by Crippen LogP contribution is 2.24. The van der Waals surface area contributed by atoms with Crippen molar-refractivity contribution in [3.8, 4) is 16.9 Å². The molecule has 1 amide bonds. The third-order valence-electron chi connectivity index (χ3n) is 3.94. The molecule has 0 unspecified atom stereocenters. The van der Waals surface area contributed by atoms with Crippen LogP contribution in [0.1, 0.15) is 20.7 Å². The average Bonchev–Trinajstić information content (AvgIpc) is 2.68. The molecule has 0 aliphatic rings. The van der Waals surface area contributed by atoms with E-state index in [4.69, 9.17) is 4.74 Å². The molecule has 0 radical (unpaired) electrons. The Balaban J connectivity index is 1.78. The van der Waals surface area contributed by atoms with Gasteiger partial charge >= 0.3 is 5.97 Å². The maximum absolute atomic E-state index is 12.4. The SMILES string of the molecule is COc1ccc(NC(=O)c2ccc(-c3ccccc3)cc2)cc1C(=O)O. The van der Waals surface area contributed by atoms with Crippen LogP contribution in [0.4, 0.5) is 5.69 Å². The number of carbonyl (C=O) groups is 2.